The molecule has 2 aromatic carbocycles. The maximum Gasteiger partial charge on any atom is 0.225 e. The minimum Gasteiger partial charge on any atom is -0.325 e. The van der Waals surface area contributed by atoms with Gasteiger partial charge in [0.05, 0.1) is 10.7 Å². The van der Waals surface area contributed by atoms with Gasteiger partial charge in [0.2, 0.25) is 5.91 Å². The van der Waals surface area contributed by atoms with E-state index in [1.807, 2.05) is 31.2 Å². The van der Waals surface area contributed by atoms with Crippen LogP contribution in [0.25, 0.3) is 0 Å². The van der Waals surface area contributed by atoms with Crippen LogP contribution in [0.1, 0.15) is 37.8 Å². The van der Waals surface area contributed by atoms with Crippen molar-refractivity contribution in [1.29, 1.82) is 0 Å². The van der Waals surface area contributed by atoms with Crippen LogP contribution in [-0.4, -0.2) is 23.4 Å². The Hall–Kier alpha value is -1.91. The standard InChI is InChI=1S/C20H22ClFN2O/c1-14(16-6-2-4-8-18(16)22)24(15-10-11-15)13-12-20(25)23-19-9-5-3-7-17(19)21/h2-9,14-15H,10-13H2,1H3,(H,23,25). The van der Waals surface area contributed by atoms with E-state index in [0.717, 1.165) is 12.8 Å². The molecule has 1 fully saturated rings. The predicted octanol–water partition coefficient (Wildman–Crippen LogP) is 5.03. The van der Waals surface area contributed by atoms with Crippen molar-refractivity contribution in [2.24, 2.45) is 0 Å². The highest BCUT2D eigenvalue weighted by atomic mass is 35.5. The van der Waals surface area contributed by atoms with Crippen LogP contribution >= 0.6 is 11.6 Å². The lowest BCUT2D eigenvalue weighted by molar-refractivity contribution is -0.116. The van der Waals surface area contributed by atoms with Crippen molar-refractivity contribution in [3.8, 4) is 0 Å². The van der Waals surface area contributed by atoms with Crippen molar-refractivity contribution in [2.45, 2.75) is 38.3 Å². The maximum atomic E-state index is 14.1. The molecule has 0 saturated heterocycles. The molecule has 0 bridgehead atoms. The molecule has 0 aliphatic heterocycles. The SMILES string of the molecule is CC(c1ccccc1F)N(CCC(=O)Nc1ccccc1Cl)C1CC1. The van der Waals surface area contributed by atoms with Crippen LogP contribution in [0.2, 0.25) is 5.02 Å². The van der Waals surface area contributed by atoms with Crippen LogP contribution in [0.5, 0.6) is 0 Å². The van der Waals surface area contributed by atoms with Crippen LogP contribution < -0.4 is 5.32 Å². The van der Waals surface area contributed by atoms with E-state index in [1.165, 1.54) is 6.07 Å². The Balaban J connectivity index is 1.62. The van der Waals surface area contributed by atoms with E-state index >= 15 is 0 Å². The smallest absolute Gasteiger partial charge is 0.225 e. The Kier molecular flexibility index (Phi) is 5.71. The predicted molar refractivity (Wildman–Crippen MR) is 99.2 cm³/mol. The van der Waals surface area contributed by atoms with Crippen LogP contribution in [0.4, 0.5) is 10.1 Å². The number of anilines is 1. The van der Waals surface area contributed by atoms with Gasteiger partial charge in [0, 0.05) is 30.6 Å². The Labute approximate surface area is 152 Å². The number of para-hydroxylation sites is 1. The second-order valence-electron chi connectivity index (χ2n) is 6.44. The van der Waals surface area contributed by atoms with Gasteiger partial charge in [-0.3, -0.25) is 9.69 Å². The van der Waals surface area contributed by atoms with Crippen LogP contribution in [0.3, 0.4) is 0 Å². The van der Waals surface area contributed by atoms with Gasteiger partial charge in [0.15, 0.2) is 0 Å². The zero-order valence-electron chi connectivity index (χ0n) is 14.2. The van der Waals surface area contributed by atoms with Crippen molar-refractivity contribution < 1.29 is 9.18 Å². The fourth-order valence-electron chi connectivity index (χ4n) is 3.10. The van der Waals surface area contributed by atoms with E-state index in [4.69, 9.17) is 11.6 Å². The van der Waals surface area contributed by atoms with Gasteiger partial charge in [-0.05, 0) is 38.0 Å². The lowest BCUT2D eigenvalue weighted by Gasteiger charge is -2.29. The second kappa shape index (κ2) is 7.98. The number of hydrogen-bond acceptors (Lipinski definition) is 2. The Bertz CT molecular complexity index is 748. The van der Waals surface area contributed by atoms with Gasteiger partial charge in [-0.1, -0.05) is 41.9 Å². The van der Waals surface area contributed by atoms with E-state index in [1.54, 1.807) is 18.2 Å². The molecule has 1 unspecified atom stereocenters. The molecule has 1 N–H and O–H groups in total. The second-order valence-corrected chi connectivity index (χ2v) is 6.85. The number of hydrogen-bond donors (Lipinski definition) is 1. The number of halogens is 2. The fourth-order valence-corrected chi connectivity index (χ4v) is 3.28. The lowest BCUT2D eigenvalue weighted by Crippen LogP contribution is -2.33. The summed E-state index contributed by atoms with van der Waals surface area (Å²) in [5, 5.41) is 3.37. The highest BCUT2D eigenvalue weighted by molar-refractivity contribution is 6.33. The zero-order chi connectivity index (χ0) is 17.8. The first-order valence-electron chi connectivity index (χ1n) is 8.61. The van der Waals surface area contributed by atoms with Crippen molar-refractivity contribution in [3.05, 3.63) is 64.9 Å². The quantitative estimate of drug-likeness (QED) is 0.750. The first-order chi connectivity index (χ1) is 12.1. The van der Waals surface area contributed by atoms with E-state index < -0.39 is 0 Å². The molecule has 0 radical (unpaired) electrons. The summed E-state index contributed by atoms with van der Waals surface area (Å²) in [5.74, 6) is -0.277. The number of rotatable bonds is 7. The Morgan fingerprint density at radius 1 is 1.24 bits per heavy atom. The number of amides is 1. The molecular formula is C20H22ClFN2O. The van der Waals surface area contributed by atoms with Crippen molar-refractivity contribution in [2.75, 3.05) is 11.9 Å². The Morgan fingerprint density at radius 3 is 2.60 bits per heavy atom. The Morgan fingerprint density at radius 2 is 1.92 bits per heavy atom. The average molecular weight is 361 g/mol. The highest BCUT2D eigenvalue weighted by Crippen LogP contribution is 2.35. The largest absolute Gasteiger partial charge is 0.325 e. The summed E-state index contributed by atoms with van der Waals surface area (Å²) >= 11 is 6.07. The molecule has 3 nitrogen and oxygen atoms in total. The first kappa shape index (κ1) is 17.9. The summed E-state index contributed by atoms with van der Waals surface area (Å²) in [7, 11) is 0. The third-order valence-corrected chi connectivity index (χ3v) is 4.94. The molecule has 3 rings (SSSR count). The van der Waals surface area contributed by atoms with Crippen molar-refractivity contribution in [3.63, 3.8) is 0 Å². The van der Waals surface area contributed by atoms with E-state index in [-0.39, 0.29) is 17.8 Å². The van der Waals surface area contributed by atoms with Gasteiger partial charge < -0.3 is 5.32 Å². The van der Waals surface area contributed by atoms with Gasteiger partial charge in [-0.15, -0.1) is 0 Å². The minimum absolute atomic E-state index is 0.0539. The number of benzene rings is 2. The van der Waals surface area contributed by atoms with Gasteiger partial charge in [0.25, 0.3) is 0 Å². The molecule has 0 spiro atoms. The summed E-state index contributed by atoms with van der Waals surface area (Å²) in [4.78, 5) is 14.5. The number of nitrogens with zero attached hydrogens (tertiary/aromatic N) is 1. The van der Waals surface area contributed by atoms with E-state index in [9.17, 15) is 9.18 Å². The molecule has 1 saturated carbocycles. The molecule has 25 heavy (non-hydrogen) atoms. The molecule has 1 aliphatic carbocycles. The molecule has 0 heterocycles. The van der Waals surface area contributed by atoms with Crippen LogP contribution in [0, 0.1) is 5.82 Å². The van der Waals surface area contributed by atoms with Crippen LogP contribution in [-0.2, 0) is 4.79 Å². The first-order valence-corrected chi connectivity index (χ1v) is 8.98. The summed E-state index contributed by atoms with van der Waals surface area (Å²) in [6, 6.07) is 14.4. The molecule has 0 aromatic heterocycles. The third kappa shape index (κ3) is 4.59. The summed E-state index contributed by atoms with van der Waals surface area (Å²) in [6.45, 7) is 2.60. The number of carbonyl (C=O) groups is 1. The monoisotopic (exact) mass is 360 g/mol. The molecule has 1 atom stereocenters. The van der Waals surface area contributed by atoms with Crippen molar-refractivity contribution >= 4 is 23.2 Å². The minimum atomic E-state index is -0.193. The average Bonchev–Trinajstić information content (AvgIpc) is 3.42. The van der Waals surface area contributed by atoms with E-state index in [2.05, 4.69) is 10.2 Å². The molecule has 1 amide bonds. The fraction of sp³-hybridized carbons (Fsp3) is 0.350. The summed E-state index contributed by atoms with van der Waals surface area (Å²) < 4.78 is 14.1. The number of carbonyl (C=O) groups excluding carboxylic acids is 1. The molecular weight excluding hydrogens is 339 g/mol. The highest BCUT2D eigenvalue weighted by Gasteiger charge is 2.33. The van der Waals surface area contributed by atoms with Gasteiger partial charge >= 0.3 is 0 Å². The van der Waals surface area contributed by atoms with Crippen LogP contribution in [0.15, 0.2) is 48.5 Å². The van der Waals surface area contributed by atoms with E-state index in [0.29, 0.717) is 35.3 Å². The number of nitrogens with one attached hydrogen (secondary N) is 1. The van der Waals surface area contributed by atoms with Gasteiger partial charge in [-0.25, -0.2) is 4.39 Å². The molecule has 5 heteroatoms. The van der Waals surface area contributed by atoms with Gasteiger partial charge in [-0.2, -0.15) is 0 Å². The summed E-state index contributed by atoms with van der Waals surface area (Å²) in [6.07, 6.45) is 2.55. The zero-order valence-corrected chi connectivity index (χ0v) is 15.0. The molecule has 132 valence electrons. The topological polar surface area (TPSA) is 32.3 Å². The summed E-state index contributed by atoms with van der Waals surface area (Å²) in [5.41, 5.74) is 1.30. The van der Waals surface area contributed by atoms with Gasteiger partial charge in [0.1, 0.15) is 5.82 Å². The van der Waals surface area contributed by atoms with Crippen molar-refractivity contribution in [1.82, 2.24) is 4.90 Å². The maximum absolute atomic E-state index is 14.1. The molecule has 2 aromatic rings. The third-order valence-electron chi connectivity index (χ3n) is 4.61. The normalized spacial score (nSPS) is 15.2. The lowest BCUT2D eigenvalue weighted by atomic mass is 10.1. The molecule has 1 aliphatic rings.